The van der Waals surface area contributed by atoms with Gasteiger partial charge in [0.1, 0.15) is 5.52 Å². The third-order valence-corrected chi connectivity index (χ3v) is 4.24. The van der Waals surface area contributed by atoms with E-state index < -0.39 is 0 Å². The fourth-order valence-corrected chi connectivity index (χ4v) is 3.12. The van der Waals surface area contributed by atoms with Crippen molar-refractivity contribution in [1.82, 2.24) is 9.61 Å². The number of anilines is 2. The predicted octanol–water partition coefficient (Wildman–Crippen LogP) is 3.19. The van der Waals surface area contributed by atoms with Gasteiger partial charge in [-0.1, -0.05) is 18.2 Å². The van der Waals surface area contributed by atoms with Gasteiger partial charge in [-0.25, -0.2) is 4.52 Å². The normalized spacial score (nSPS) is 14.3. The van der Waals surface area contributed by atoms with Gasteiger partial charge in [0.2, 0.25) is 0 Å². The molecule has 4 rings (SSSR count). The second-order valence-corrected chi connectivity index (χ2v) is 5.76. The standard InChI is InChI=1S/C18H18N4O/c23-18(20-14-7-2-1-3-8-14)15-13-19-22-12-6-9-16(17(15)22)21-10-4-5-11-21/h1-3,6-9,12-13H,4-5,10-11H2,(H,20,23). The zero-order chi connectivity index (χ0) is 15.6. The van der Waals surface area contributed by atoms with E-state index in [-0.39, 0.29) is 5.91 Å². The number of carbonyl (C=O) groups excluding carboxylic acids is 1. The minimum atomic E-state index is -0.127. The van der Waals surface area contributed by atoms with E-state index in [0.717, 1.165) is 30.0 Å². The summed E-state index contributed by atoms with van der Waals surface area (Å²) in [7, 11) is 0. The van der Waals surface area contributed by atoms with Crippen LogP contribution in [0.4, 0.5) is 11.4 Å². The molecular weight excluding hydrogens is 288 g/mol. The van der Waals surface area contributed by atoms with Gasteiger partial charge in [0.25, 0.3) is 5.91 Å². The molecule has 3 aromatic rings. The molecule has 1 fully saturated rings. The molecule has 5 nitrogen and oxygen atoms in total. The molecule has 0 radical (unpaired) electrons. The van der Waals surface area contributed by atoms with Crippen LogP contribution in [0.3, 0.4) is 0 Å². The smallest absolute Gasteiger partial charge is 0.259 e. The minimum absolute atomic E-state index is 0.127. The van der Waals surface area contributed by atoms with Crippen molar-refractivity contribution in [2.45, 2.75) is 12.8 Å². The van der Waals surface area contributed by atoms with Crippen molar-refractivity contribution in [1.29, 1.82) is 0 Å². The Morgan fingerprint density at radius 3 is 2.61 bits per heavy atom. The van der Waals surface area contributed by atoms with E-state index >= 15 is 0 Å². The number of nitrogens with one attached hydrogen (secondary N) is 1. The first-order chi connectivity index (χ1) is 11.3. The van der Waals surface area contributed by atoms with Crippen molar-refractivity contribution < 1.29 is 4.79 Å². The fraction of sp³-hybridized carbons (Fsp3) is 0.222. The molecule has 2 aromatic heterocycles. The first-order valence-corrected chi connectivity index (χ1v) is 7.90. The molecule has 0 unspecified atom stereocenters. The highest BCUT2D eigenvalue weighted by molar-refractivity contribution is 6.10. The third kappa shape index (κ3) is 2.54. The predicted molar refractivity (Wildman–Crippen MR) is 91.0 cm³/mol. The Labute approximate surface area is 134 Å². The van der Waals surface area contributed by atoms with Crippen LogP contribution >= 0.6 is 0 Å². The van der Waals surface area contributed by atoms with E-state index in [0.29, 0.717) is 5.56 Å². The van der Waals surface area contributed by atoms with Crippen LogP contribution in [0.15, 0.2) is 54.9 Å². The zero-order valence-electron chi connectivity index (χ0n) is 12.8. The van der Waals surface area contributed by atoms with Crippen molar-refractivity contribution in [2.75, 3.05) is 23.3 Å². The average molecular weight is 306 g/mol. The fourth-order valence-electron chi connectivity index (χ4n) is 3.12. The molecule has 23 heavy (non-hydrogen) atoms. The first-order valence-electron chi connectivity index (χ1n) is 7.90. The molecule has 1 aliphatic heterocycles. The quantitative estimate of drug-likeness (QED) is 0.808. The maximum absolute atomic E-state index is 12.7. The Bertz CT molecular complexity index is 835. The number of nitrogens with zero attached hydrogens (tertiary/aromatic N) is 3. The molecule has 116 valence electrons. The van der Waals surface area contributed by atoms with Crippen molar-refractivity contribution in [3.05, 3.63) is 60.4 Å². The van der Waals surface area contributed by atoms with Crippen molar-refractivity contribution in [3.8, 4) is 0 Å². The zero-order valence-corrected chi connectivity index (χ0v) is 12.8. The average Bonchev–Trinajstić information content (AvgIpc) is 3.25. The van der Waals surface area contributed by atoms with Gasteiger partial charge in [-0.15, -0.1) is 0 Å². The van der Waals surface area contributed by atoms with E-state index in [4.69, 9.17) is 0 Å². The molecule has 0 bridgehead atoms. The summed E-state index contributed by atoms with van der Waals surface area (Å²) in [6.45, 7) is 2.06. The minimum Gasteiger partial charge on any atom is -0.370 e. The monoisotopic (exact) mass is 306 g/mol. The number of benzene rings is 1. The highest BCUT2D eigenvalue weighted by Gasteiger charge is 2.21. The number of aromatic nitrogens is 2. The summed E-state index contributed by atoms with van der Waals surface area (Å²) in [5.41, 5.74) is 3.36. The van der Waals surface area contributed by atoms with Crippen LogP contribution < -0.4 is 10.2 Å². The maximum atomic E-state index is 12.7. The lowest BCUT2D eigenvalue weighted by molar-refractivity contribution is 0.102. The number of amides is 1. The number of para-hydroxylation sites is 1. The summed E-state index contributed by atoms with van der Waals surface area (Å²) in [6.07, 6.45) is 5.92. The van der Waals surface area contributed by atoms with Gasteiger partial charge in [0.05, 0.1) is 17.4 Å². The Kier molecular flexibility index (Phi) is 3.46. The lowest BCUT2D eigenvalue weighted by atomic mass is 10.2. The molecule has 0 spiro atoms. The van der Waals surface area contributed by atoms with E-state index in [1.165, 1.54) is 12.8 Å². The van der Waals surface area contributed by atoms with E-state index in [1.807, 2.05) is 42.6 Å². The SMILES string of the molecule is O=C(Nc1ccccc1)c1cnn2cccc(N3CCCC3)c12. The van der Waals surface area contributed by atoms with Crippen LogP contribution in [0.25, 0.3) is 5.52 Å². The molecule has 5 heteroatoms. The van der Waals surface area contributed by atoms with Gasteiger partial charge in [0.15, 0.2) is 0 Å². The lowest BCUT2D eigenvalue weighted by Crippen LogP contribution is -2.19. The van der Waals surface area contributed by atoms with E-state index in [9.17, 15) is 4.79 Å². The van der Waals surface area contributed by atoms with Crippen LogP contribution in [-0.4, -0.2) is 28.6 Å². The van der Waals surface area contributed by atoms with Gasteiger partial charge < -0.3 is 10.2 Å². The largest absolute Gasteiger partial charge is 0.370 e. The van der Waals surface area contributed by atoms with Gasteiger partial charge in [0, 0.05) is 25.0 Å². The van der Waals surface area contributed by atoms with Crippen LogP contribution in [0.5, 0.6) is 0 Å². The number of carbonyl (C=O) groups is 1. The summed E-state index contributed by atoms with van der Waals surface area (Å²) in [6, 6.07) is 13.5. The molecule has 0 atom stereocenters. The van der Waals surface area contributed by atoms with Gasteiger partial charge in [-0.05, 0) is 37.1 Å². The summed E-state index contributed by atoms with van der Waals surface area (Å²) in [5.74, 6) is -0.127. The number of hydrogen-bond donors (Lipinski definition) is 1. The molecule has 1 saturated heterocycles. The van der Waals surface area contributed by atoms with E-state index in [2.05, 4.69) is 21.4 Å². The van der Waals surface area contributed by atoms with Crippen LogP contribution in [0, 0.1) is 0 Å². The summed E-state index contributed by atoms with van der Waals surface area (Å²) >= 11 is 0. The van der Waals surface area contributed by atoms with Crippen molar-refractivity contribution >= 4 is 22.8 Å². The van der Waals surface area contributed by atoms with Crippen molar-refractivity contribution in [3.63, 3.8) is 0 Å². The van der Waals surface area contributed by atoms with Gasteiger partial charge in [-0.3, -0.25) is 4.79 Å². The highest BCUT2D eigenvalue weighted by atomic mass is 16.1. The molecule has 1 aromatic carbocycles. The topological polar surface area (TPSA) is 49.6 Å². The summed E-state index contributed by atoms with van der Waals surface area (Å²) < 4.78 is 1.79. The van der Waals surface area contributed by atoms with Crippen LogP contribution in [-0.2, 0) is 0 Å². The van der Waals surface area contributed by atoms with Crippen molar-refractivity contribution in [2.24, 2.45) is 0 Å². The number of hydrogen-bond acceptors (Lipinski definition) is 3. The first kappa shape index (κ1) is 13.8. The van der Waals surface area contributed by atoms with Crippen LogP contribution in [0.1, 0.15) is 23.2 Å². The van der Waals surface area contributed by atoms with Crippen LogP contribution in [0.2, 0.25) is 0 Å². The lowest BCUT2D eigenvalue weighted by Gasteiger charge is -2.19. The van der Waals surface area contributed by atoms with Gasteiger partial charge >= 0.3 is 0 Å². The molecule has 1 amide bonds. The number of rotatable bonds is 3. The maximum Gasteiger partial charge on any atom is 0.259 e. The Morgan fingerprint density at radius 1 is 1.04 bits per heavy atom. The molecular formula is C18H18N4O. The molecule has 0 saturated carbocycles. The third-order valence-electron chi connectivity index (χ3n) is 4.24. The number of fused-ring (bicyclic) bond motifs is 1. The molecule has 0 aliphatic carbocycles. The summed E-state index contributed by atoms with van der Waals surface area (Å²) in [4.78, 5) is 15.0. The second-order valence-electron chi connectivity index (χ2n) is 5.76. The number of pyridine rings is 1. The van der Waals surface area contributed by atoms with E-state index in [1.54, 1.807) is 10.7 Å². The highest BCUT2D eigenvalue weighted by Crippen LogP contribution is 2.28. The van der Waals surface area contributed by atoms with Gasteiger partial charge in [-0.2, -0.15) is 5.10 Å². The molecule has 3 heterocycles. The second kappa shape index (κ2) is 5.76. The Hall–Kier alpha value is -2.82. The molecule has 1 N–H and O–H groups in total. The molecule has 1 aliphatic rings. The Morgan fingerprint density at radius 2 is 1.83 bits per heavy atom. The Balaban J connectivity index is 1.73. The summed E-state index contributed by atoms with van der Waals surface area (Å²) in [5, 5.41) is 7.29.